The third kappa shape index (κ3) is 2.92. The van der Waals surface area contributed by atoms with Crippen LogP contribution in [0.25, 0.3) is 0 Å². The SMILES string of the molecule is Cc1c(Cl)cnn1Cc1cccc(C#CCO)c1. The van der Waals surface area contributed by atoms with Crippen molar-refractivity contribution in [2.24, 2.45) is 0 Å². The van der Waals surface area contributed by atoms with Crippen LogP contribution in [-0.4, -0.2) is 21.5 Å². The fourth-order valence-corrected chi connectivity index (χ4v) is 1.79. The molecule has 92 valence electrons. The maximum atomic E-state index is 8.67. The van der Waals surface area contributed by atoms with Gasteiger partial charge in [-0.1, -0.05) is 35.6 Å². The van der Waals surface area contributed by atoms with Crippen LogP contribution < -0.4 is 0 Å². The lowest BCUT2D eigenvalue weighted by Crippen LogP contribution is -2.03. The molecule has 2 rings (SSSR count). The van der Waals surface area contributed by atoms with E-state index in [-0.39, 0.29) is 6.61 Å². The first-order chi connectivity index (χ1) is 8.70. The minimum atomic E-state index is -0.127. The van der Waals surface area contributed by atoms with Gasteiger partial charge in [-0.05, 0) is 24.6 Å². The molecule has 2 aromatic rings. The van der Waals surface area contributed by atoms with Gasteiger partial charge in [0, 0.05) is 5.56 Å². The Morgan fingerprint density at radius 1 is 1.44 bits per heavy atom. The van der Waals surface area contributed by atoms with Crippen molar-refractivity contribution in [2.75, 3.05) is 6.61 Å². The highest BCUT2D eigenvalue weighted by Gasteiger charge is 2.04. The molecule has 0 aliphatic carbocycles. The molecule has 1 heterocycles. The van der Waals surface area contributed by atoms with Crippen LogP contribution in [0.15, 0.2) is 30.5 Å². The second-order valence-corrected chi connectivity index (χ2v) is 4.30. The number of nitrogens with zero attached hydrogens (tertiary/aromatic N) is 2. The molecule has 0 saturated heterocycles. The summed E-state index contributed by atoms with van der Waals surface area (Å²) in [5.74, 6) is 5.52. The molecule has 1 aromatic carbocycles. The lowest BCUT2D eigenvalue weighted by molar-refractivity contribution is 0.350. The van der Waals surface area contributed by atoms with Gasteiger partial charge >= 0.3 is 0 Å². The lowest BCUT2D eigenvalue weighted by atomic mass is 10.1. The molecular formula is C14H13ClN2O. The van der Waals surface area contributed by atoms with E-state index in [1.54, 1.807) is 6.20 Å². The number of hydrogen-bond donors (Lipinski definition) is 1. The first-order valence-corrected chi connectivity index (χ1v) is 5.95. The standard InChI is InChI=1S/C14H13ClN2O/c1-11-14(15)9-16-17(11)10-13-5-2-4-12(8-13)6-3-7-18/h2,4-5,8-9,18H,7,10H2,1H3. The Kier molecular flexibility index (Phi) is 4.03. The normalized spacial score (nSPS) is 9.94. The Morgan fingerprint density at radius 2 is 2.28 bits per heavy atom. The highest BCUT2D eigenvalue weighted by Crippen LogP contribution is 2.15. The fourth-order valence-electron chi connectivity index (χ4n) is 1.65. The Morgan fingerprint density at radius 3 is 2.94 bits per heavy atom. The van der Waals surface area contributed by atoms with E-state index < -0.39 is 0 Å². The maximum absolute atomic E-state index is 8.67. The van der Waals surface area contributed by atoms with Crippen LogP contribution >= 0.6 is 11.6 Å². The van der Waals surface area contributed by atoms with Gasteiger partial charge < -0.3 is 5.11 Å². The number of aliphatic hydroxyl groups excluding tert-OH is 1. The van der Waals surface area contributed by atoms with Gasteiger partial charge in [-0.3, -0.25) is 4.68 Å². The summed E-state index contributed by atoms with van der Waals surface area (Å²) in [6.45, 7) is 2.47. The van der Waals surface area contributed by atoms with Crippen molar-refractivity contribution in [1.82, 2.24) is 9.78 Å². The van der Waals surface area contributed by atoms with Crippen LogP contribution in [0, 0.1) is 18.8 Å². The molecule has 0 spiro atoms. The Labute approximate surface area is 111 Å². The number of rotatable bonds is 2. The van der Waals surface area contributed by atoms with Crippen molar-refractivity contribution >= 4 is 11.6 Å². The Hall–Kier alpha value is -1.76. The van der Waals surface area contributed by atoms with Crippen LogP contribution in [0.5, 0.6) is 0 Å². The largest absolute Gasteiger partial charge is 0.384 e. The van der Waals surface area contributed by atoms with E-state index in [0.29, 0.717) is 11.6 Å². The van der Waals surface area contributed by atoms with Crippen molar-refractivity contribution in [3.63, 3.8) is 0 Å². The summed E-state index contributed by atoms with van der Waals surface area (Å²) in [6, 6.07) is 7.85. The average molecular weight is 261 g/mol. The van der Waals surface area contributed by atoms with Gasteiger partial charge in [-0.25, -0.2) is 0 Å². The highest BCUT2D eigenvalue weighted by atomic mass is 35.5. The van der Waals surface area contributed by atoms with Gasteiger partial charge in [0.25, 0.3) is 0 Å². The molecule has 0 saturated carbocycles. The first-order valence-electron chi connectivity index (χ1n) is 5.57. The maximum Gasteiger partial charge on any atom is 0.104 e. The van der Waals surface area contributed by atoms with Crippen LogP contribution in [0.1, 0.15) is 16.8 Å². The minimum absolute atomic E-state index is 0.127. The lowest BCUT2D eigenvalue weighted by Gasteiger charge is -2.05. The van der Waals surface area contributed by atoms with Gasteiger partial charge in [-0.15, -0.1) is 0 Å². The molecule has 0 aliphatic rings. The molecule has 0 unspecified atom stereocenters. The summed E-state index contributed by atoms with van der Waals surface area (Å²) in [5, 5.41) is 13.6. The monoisotopic (exact) mass is 260 g/mol. The molecule has 0 radical (unpaired) electrons. The minimum Gasteiger partial charge on any atom is -0.384 e. The van der Waals surface area contributed by atoms with E-state index in [0.717, 1.165) is 16.8 Å². The third-order valence-corrected chi connectivity index (χ3v) is 2.99. The second kappa shape index (κ2) is 5.72. The van der Waals surface area contributed by atoms with Crippen molar-refractivity contribution in [3.8, 4) is 11.8 Å². The number of aliphatic hydroxyl groups is 1. The number of aromatic nitrogens is 2. The smallest absolute Gasteiger partial charge is 0.104 e. The van der Waals surface area contributed by atoms with Crippen molar-refractivity contribution in [1.29, 1.82) is 0 Å². The molecule has 1 aromatic heterocycles. The van der Waals surface area contributed by atoms with Crippen molar-refractivity contribution in [3.05, 3.63) is 52.3 Å². The number of benzene rings is 1. The second-order valence-electron chi connectivity index (χ2n) is 3.90. The predicted molar refractivity (Wildman–Crippen MR) is 71.5 cm³/mol. The summed E-state index contributed by atoms with van der Waals surface area (Å²) in [7, 11) is 0. The predicted octanol–water partition coefficient (Wildman–Crippen LogP) is 2.24. The van der Waals surface area contributed by atoms with E-state index in [2.05, 4.69) is 16.9 Å². The average Bonchev–Trinajstić information content (AvgIpc) is 2.69. The van der Waals surface area contributed by atoms with E-state index in [1.165, 1.54) is 0 Å². The van der Waals surface area contributed by atoms with Crippen molar-refractivity contribution < 1.29 is 5.11 Å². The summed E-state index contributed by atoms with van der Waals surface area (Å²) in [4.78, 5) is 0. The highest BCUT2D eigenvalue weighted by molar-refractivity contribution is 6.31. The van der Waals surface area contributed by atoms with E-state index in [4.69, 9.17) is 16.7 Å². The summed E-state index contributed by atoms with van der Waals surface area (Å²) >= 11 is 5.96. The van der Waals surface area contributed by atoms with Crippen LogP contribution in [0.2, 0.25) is 5.02 Å². The third-order valence-electron chi connectivity index (χ3n) is 2.61. The zero-order chi connectivity index (χ0) is 13.0. The van der Waals surface area contributed by atoms with Crippen LogP contribution in [0.4, 0.5) is 0 Å². The van der Waals surface area contributed by atoms with E-state index in [9.17, 15) is 0 Å². The molecule has 1 N–H and O–H groups in total. The molecule has 0 aliphatic heterocycles. The van der Waals surface area contributed by atoms with Gasteiger partial charge in [0.2, 0.25) is 0 Å². The number of hydrogen-bond acceptors (Lipinski definition) is 2. The molecular weight excluding hydrogens is 248 g/mol. The summed E-state index contributed by atoms with van der Waals surface area (Å²) < 4.78 is 1.85. The molecule has 3 nitrogen and oxygen atoms in total. The summed E-state index contributed by atoms with van der Waals surface area (Å²) in [6.07, 6.45) is 1.65. The molecule has 0 amide bonds. The van der Waals surface area contributed by atoms with Crippen LogP contribution in [0.3, 0.4) is 0 Å². The fraction of sp³-hybridized carbons (Fsp3) is 0.214. The molecule has 0 atom stereocenters. The molecule has 0 fully saturated rings. The van der Waals surface area contributed by atoms with Crippen LogP contribution in [-0.2, 0) is 6.54 Å². The van der Waals surface area contributed by atoms with E-state index in [1.807, 2.05) is 35.9 Å². The van der Waals surface area contributed by atoms with Gasteiger partial charge in [0.05, 0.1) is 23.5 Å². The summed E-state index contributed by atoms with van der Waals surface area (Å²) in [5.41, 5.74) is 2.93. The molecule has 0 bridgehead atoms. The first kappa shape index (κ1) is 12.7. The Balaban J connectivity index is 2.22. The zero-order valence-corrected chi connectivity index (χ0v) is 10.8. The zero-order valence-electron chi connectivity index (χ0n) is 10.0. The number of halogens is 1. The topological polar surface area (TPSA) is 38.0 Å². The van der Waals surface area contributed by atoms with Gasteiger partial charge in [-0.2, -0.15) is 5.10 Å². The quantitative estimate of drug-likeness (QED) is 0.841. The van der Waals surface area contributed by atoms with Crippen molar-refractivity contribution in [2.45, 2.75) is 13.5 Å². The molecule has 18 heavy (non-hydrogen) atoms. The van der Waals surface area contributed by atoms with Gasteiger partial charge in [0.1, 0.15) is 6.61 Å². The van der Waals surface area contributed by atoms with E-state index >= 15 is 0 Å². The Bertz CT molecular complexity index is 608. The molecule has 4 heteroatoms. The van der Waals surface area contributed by atoms with Gasteiger partial charge in [0.15, 0.2) is 0 Å².